The second kappa shape index (κ2) is 7.42. The van der Waals surface area contributed by atoms with Gasteiger partial charge in [-0.25, -0.2) is 9.48 Å². The van der Waals surface area contributed by atoms with Crippen molar-refractivity contribution in [1.29, 1.82) is 0 Å². The smallest absolute Gasteiger partial charge is 0.321 e. The maximum Gasteiger partial charge on any atom is 0.321 e. The molecule has 0 aromatic carbocycles. The molecule has 0 aliphatic heterocycles. The summed E-state index contributed by atoms with van der Waals surface area (Å²) in [4.78, 5) is 40.3. The first-order valence-electron chi connectivity index (χ1n) is 8.46. The van der Waals surface area contributed by atoms with Gasteiger partial charge in [0.2, 0.25) is 5.91 Å². The zero-order valence-electron chi connectivity index (χ0n) is 14.1. The second-order valence-electron chi connectivity index (χ2n) is 6.44. The van der Waals surface area contributed by atoms with E-state index in [2.05, 4.69) is 27.6 Å². The van der Waals surface area contributed by atoms with Crippen LogP contribution in [0.4, 0.5) is 4.79 Å². The Morgan fingerprint density at radius 3 is 2.92 bits per heavy atom. The Morgan fingerprint density at radius 1 is 1.32 bits per heavy atom. The summed E-state index contributed by atoms with van der Waals surface area (Å²) in [5.41, 5.74) is -0.222. The molecule has 3 rings (SSSR count). The van der Waals surface area contributed by atoms with Crippen LogP contribution in [-0.2, 0) is 11.3 Å². The van der Waals surface area contributed by atoms with E-state index in [1.54, 1.807) is 12.1 Å². The third-order valence-corrected chi connectivity index (χ3v) is 4.59. The summed E-state index contributed by atoms with van der Waals surface area (Å²) in [6, 6.07) is 2.97. The minimum atomic E-state index is -0.592. The van der Waals surface area contributed by atoms with E-state index in [4.69, 9.17) is 0 Å². The number of fused-ring (bicyclic) bond motifs is 1. The van der Waals surface area contributed by atoms with Crippen molar-refractivity contribution >= 4 is 22.8 Å². The van der Waals surface area contributed by atoms with Crippen molar-refractivity contribution in [3.05, 3.63) is 34.9 Å². The molecule has 1 aliphatic rings. The molecule has 2 heterocycles. The number of pyridine rings is 1. The van der Waals surface area contributed by atoms with E-state index in [0.717, 1.165) is 23.9 Å². The number of hydrogen-bond acceptors (Lipinski definition) is 5. The van der Waals surface area contributed by atoms with Gasteiger partial charge >= 0.3 is 6.03 Å². The number of rotatable bonds is 3. The van der Waals surface area contributed by atoms with Gasteiger partial charge in [-0.2, -0.15) is 5.10 Å². The fourth-order valence-corrected chi connectivity index (χ4v) is 3.16. The highest BCUT2D eigenvalue weighted by Crippen LogP contribution is 2.23. The van der Waals surface area contributed by atoms with Crippen LogP contribution in [0.5, 0.6) is 0 Å². The van der Waals surface area contributed by atoms with Gasteiger partial charge in [0.1, 0.15) is 12.1 Å². The Balaban J connectivity index is 1.61. The predicted octanol–water partition coefficient (Wildman–Crippen LogP) is 1.20. The topological polar surface area (TPSA) is 106 Å². The fourth-order valence-electron chi connectivity index (χ4n) is 3.16. The summed E-state index contributed by atoms with van der Waals surface area (Å²) in [6.07, 6.45) is 7.22. The monoisotopic (exact) mass is 343 g/mol. The molecule has 1 aliphatic carbocycles. The third kappa shape index (κ3) is 4.01. The molecule has 0 bridgehead atoms. The van der Waals surface area contributed by atoms with E-state index < -0.39 is 17.5 Å². The first kappa shape index (κ1) is 17.1. The van der Waals surface area contributed by atoms with Gasteiger partial charge in [0.05, 0.1) is 6.20 Å². The molecule has 0 radical (unpaired) electrons. The molecular weight excluding hydrogens is 322 g/mol. The van der Waals surface area contributed by atoms with Crippen LogP contribution in [0, 0.1) is 5.92 Å². The summed E-state index contributed by atoms with van der Waals surface area (Å²) in [5, 5.41) is 9.66. The average molecular weight is 343 g/mol. The average Bonchev–Trinajstić information content (AvgIpc) is 2.59. The lowest BCUT2D eigenvalue weighted by Crippen LogP contribution is -2.48. The molecule has 0 unspecified atom stereocenters. The molecule has 1 saturated carbocycles. The standard InChI is InChI=1S/C17H21N5O3/c1-11-5-2-3-7-13(11)20-17(25)21-14(23)10-22-16(24)15-12(9-19-22)6-4-8-18-15/h4,6,8-9,11,13H,2-3,5,7,10H2,1H3,(H2,20,21,23,25)/t11-,13-/m0/s1. The summed E-state index contributed by atoms with van der Waals surface area (Å²) < 4.78 is 1.00. The van der Waals surface area contributed by atoms with Crippen molar-refractivity contribution in [2.24, 2.45) is 5.92 Å². The minimum Gasteiger partial charge on any atom is -0.335 e. The summed E-state index contributed by atoms with van der Waals surface area (Å²) in [7, 11) is 0. The van der Waals surface area contributed by atoms with E-state index in [1.165, 1.54) is 18.8 Å². The van der Waals surface area contributed by atoms with Crippen molar-refractivity contribution in [3.63, 3.8) is 0 Å². The van der Waals surface area contributed by atoms with Gasteiger partial charge in [-0.05, 0) is 30.9 Å². The molecule has 3 amide bonds. The summed E-state index contributed by atoms with van der Waals surface area (Å²) >= 11 is 0. The molecule has 2 aromatic rings. The maximum absolute atomic E-state index is 12.3. The Kier molecular flexibility index (Phi) is 5.06. The van der Waals surface area contributed by atoms with Crippen molar-refractivity contribution in [1.82, 2.24) is 25.4 Å². The Morgan fingerprint density at radius 2 is 2.12 bits per heavy atom. The Bertz CT molecular complexity index is 848. The molecule has 2 atom stereocenters. The molecule has 25 heavy (non-hydrogen) atoms. The largest absolute Gasteiger partial charge is 0.335 e. The zero-order chi connectivity index (χ0) is 17.8. The SMILES string of the molecule is C[C@H]1CCCC[C@@H]1NC(=O)NC(=O)Cn1ncc2cccnc2c1=O. The van der Waals surface area contributed by atoms with E-state index in [-0.39, 0.29) is 18.1 Å². The highest BCUT2D eigenvalue weighted by molar-refractivity contribution is 5.94. The number of carbonyl (C=O) groups excluding carboxylic acids is 2. The van der Waals surface area contributed by atoms with Crippen LogP contribution >= 0.6 is 0 Å². The van der Waals surface area contributed by atoms with Gasteiger partial charge in [-0.1, -0.05) is 19.8 Å². The van der Waals surface area contributed by atoms with E-state index >= 15 is 0 Å². The zero-order valence-corrected chi connectivity index (χ0v) is 14.1. The van der Waals surface area contributed by atoms with Crippen LogP contribution in [0.25, 0.3) is 10.9 Å². The molecule has 132 valence electrons. The number of amides is 3. The molecule has 0 spiro atoms. The number of imide groups is 1. The van der Waals surface area contributed by atoms with Gasteiger partial charge in [0.15, 0.2) is 0 Å². The third-order valence-electron chi connectivity index (χ3n) is 4.59. The van der Waals surface area contributed by atoms with Crippen molar-refractivity contribution in [2.75, 3.05) is 0 Å². The van der Waals surface area contributed by atoms with Crippen molar-refractivity contribution < 1.29 is 9.59 Å². The summed E-state index contributed by atoms with van der Waals surface area (Å²) in [6.45, 7) is 1.76. The van der Waals surface area contributed by atoms with Crippen LogP contribution < -0.4 is 16.2 Å². The highest BCUT2D eigenvalue weighted by atomic mass is 16.2. The molecular formula is C17H21N5O3. The first-order valence-corrected chi connectivity index (χ1v) is 8.46. The molecule has 8 heteroatoms. The molecule has 0 saturated heterocycles. The van der Waals surface area contributed by atoms with Gasteiger partial charge in [0, 0.05) is 17.6 Å². The van der Waals surface area contributed by atoms with Gasteiger partial charge in [-0.3, -0.25) is 19.9 Å². The minimum absolute atomic E-state index is 0.0762. The fraction of sp³-hybridized carbons (Fsp3) is 0.471. The highest BCUT2D eigenvalue weighted by Gasteiger charge is 2.23. The quantitative estimate of drug-likeness (QED) is 0.871. The van der Waals surface area contributed by atoms with Crippen molar-refractivity contribution in [3.8, 4) is 0 Å². The lowest BCUT2D eigenvalue weighted by molar-refractivity contribution is -0.120. The second-order valence-corrected chi connectivity index (χ2v) is 6.44. The van der Waals surface area contributed by atoms with Crippen molar-refractivity contribution in [2.45, 2.75) is 45.2 Å². The maximum atomic E-state index is 12.3. The first-order chi connectivity index (χ1) is 12.0. The van der Waals surface area contributed by atoms with E-state index in [1.807, 2.05) is 0 Å². The number of urea groups is 1. The number of aromatic nitrogens is 3. The van der Waals surface area contributed by atoms with Crippen LogP contribution in [0.1, 0.15) is 32.6 Å². The van der Waals surface area contributed by atoms with Gasteiger partial charge in [0.25, 0.3) is 5.56 Å². The van der Waals surface area contributed by atoms with Gasteiger partial charge in [-0.15, -0.1) is 0 Å². The normalized spacial score (nSPS) is 20.2. The predicted molar refractivity (Wildman–Crippen MR) is 91.9 cm³/mol. The number of nitrogens with one attached hydrogen (secondary N) is 2. The Labute approximate surface area is 144 Å². The molecule has 2 aromatic heterocycles. The number of hydrogen-bond donors (Lipinski definition) is 2. The van der Waals surface area contributed by atoms with Crippen LogP contribution in [-0.4, -0.2) is 32.7 Å². The lowest BCUT2D eigenvalue weighted by atomic mass is 9.86. The lowest BCUT2D eigenvalue weighted by Gasteiger charge is -2.29. The van der Waals surface area contributed by atoms with E-state index in [9.17, 15) is 14.4 Å². The summed E-state index contributed by atoms with van der Waals surface area (Å²) in [5.74, 6) is -0.198. The van der Waals surface area contributed by atoms with E-state index in [0.29, 0.717) is 11.3 Å². The molecule has 1 fully saturated rings. The van der Waals surface area contributed by atoms with Crippen LogP contribution in [0.3, 0.4) is 0 Å². The number of nitrogens with zero attached hydrogens (tertiary/aromatic N) is 3. The molecule has 2 N–H and O–H groups in total. The molecule has 8 nitrogen and oxygen atoms in total. The van der Waals surface area contributed by atoms with Crippen LogP contribution in [0.2, 0.25) is 0 Å². The van der Waals surface area contributed by atoms with Crippen LogP contribution in [0.15, 0.2) is 29.3 Å². The number of carbonyl (C=O) groups is 2. The van der Waals surface area contributed by atoms with Gasteiger partial charge < -0.3 is 5.32 Å². The Hall–Kier alpha value is -2.77.